The lowest BCUT2D eigenvalue weighted by Gasteiger charge is -2.33. The van der Waals surface area contributed by atoms with Crippen LogP contribution < -0.4 is 11.1 Å². The lowest BCUT2D eigenvalue weighted by Crippen LogP contribution is -2.42. The third-order valence-corrected chi connectivity index (χ3v) is 4.85. The lowest BCUT2D eigenvalue weighted by atomic mass is 9.80. The first-order valence-corrected chi connectivity index (χ1v) is 7.69. The van der Waals surface area contributed by atoms with Crippen LogP contribution in [-0.4, -0.2) is 11.9 Å². The number of anilines is 1. The van der Waals surface area contributed by atoms with Crippen LogP contribution in [0.3, 0.4) is 0 Å². The zero-order chi connectivity index (χ0) is 14.9. The van der Waals surface area contributed by atoms with Crippen molar-refractivity contribution in [3.05, 3.63) is 27.7 Å². The molecule has 1 aliphatic carbocycles. The molecule has 0 bridgehead atoms. The molecule has 1 fully saturated rings. The van der Waals surface area contributed by atoms with E-state index in [4.69, 9.17) is 28.9 Å². The number of amides is 1. The van der Waals surface area contributed by atoms with Crippen molar-refractivity contribution in [2.24, 2.45) is 11.8 Å². The van der Waals surface area contributed by atoms with Gasteiger partial charge in [0.05, 0.1) is 15.6 Å². The summed E-state index contributed by atoms with van der Waals surface area (Å²) in [5.74, 6) is 0.997. The van der Waals surface area contributed by atoms with Crippen molar-refractivity contribution in [1.29, 1.82) is 0 Å². The summed E-state index contributed by atoms with van der Waals surface area (Å²) in [5.41, 5.74) is 6.51. The number of hydrogen-bond donors (Lipinski definition) is 2. The normalized spacial score (nSPS) is 26.3. The predicted octanol–water partition coefficient (Wildman–Crippen LogP) is 4.13. The molecule has 0 radical (unpaired) electrons. The Morgan fingerprint density at radius 2 is 2.00 bits per heavy atom. The van der Waals surface area contributed by atoms with Gasteiger partial charge in [-0.2, -0.15) is 0 Å². The standard InChI is InChI=1S/C15H20Cl2N2O/c1-8-3-4-13(9(2)5-8)19-15(20)11-6-10(18)7-12(16)14(11)17/h6-9,13H,3-5,18H2,1-2H3,(H,19,20). The maximum Gasteiger partial charge on any atom is 0.253 e. The fourth-order valence-corrected chi connectivity index (χ4v) is 3.32. The second kappa shape index (κ2) is 6.23. The number of rotatable bonds is 2. The van der Waals surface area contributed by atoms with Crippen LogP contribution in [0.25, 0.3) is 0 Å². The van der Waals surface area contributed by atoms with Gasteiger partial charge in [-0.15, -0.1) is 0 Å². The Bertz CT molecular complexity index is 519. The summed E-state index contributed by atoms with van der Waals surface area (Å²) in [6.45, 7) is 4.43. The van der Waals surface area contributed by atoms with E-state index in [1.54, 1.807) is 12.1 Å². The fraction of sp³-hybridized carbons (Fsp3) is 0.533. The van der Waals surface area contributed by atoms with E-state index in [1.807, 2.05) is 0 Å². The maximum absolute atomic E-state index is 12.4. The van der Waals surface area contributed by atoms with Crippen LogP contribution in [0.1, 0.15) is 43.5 Å². The zero-order valence-corrected chi connectivity index (χ0v) is 13.3. The van der Waals surface area contributed by atoms with Crippen molar-refractivity contribution in [3.8, 4) is 0 Å². The molecule has 0 aliphatic heterocycles. The molecule has 2 rings (SSSR count). The Morgan fingerprint density at radius 1 is 1.30 bits per heavy atom. The summed E-state index contributed by atoms with van der Waals surface area (Å²) in [7, 11) is 0. The predicted molar refractivity (Wildman–Crippen MR) is 84.3 cm³/mol. The molecule has 0 aromatic heterocycles. The largest absolute Gasteiger partial charge is 0.399 e. The Hall–Kier alpha value is -0.930. The topological polar surface area (TPSA) is 55.1 Å². The summed E-state index contributed by atoms with van der Waals surface area (Å²) in [6, 6.07) is 3.31. The van der Waals surface area contributed by atoms with Crippen molar-refractivity contribution in [1.82, 2.24) is 5.32 Å². The molecule has 3 nitrogen and oxygen atoms in total. The minimum atomic E-state index is -0.199. The Balaban J connectivity index is 2.13. The highest BCUT2D eigenvalue weighted by molar-refractivity contribution is 6.44. The molecule has 3 N–H and O–H groups in total. The first-order valence-electron chi connectivity index (χ1n) is 6.94. The lowest BCUT2D eigenvalue weighted by molar-refractivity contribution is 0.0900. The SMILES string of the molecule is CC1CCC(NC(=O)c2cc(N)cc(Cl)c2Cl)C(C)C1. The second-order valence-electron chi connectivity index (χ2n) is 5.84. The molecule has 0 heterocycles. The zero-order valence-electron chi connectivity index (χ0n) is 11.7. The smallest absolute Gasteiger partial charge is 0.253 e. The first-order chi connectivity index (χ1) is 9.38. The third-order valence-electron chi connectivity index (χ3n) is 4.04. The van der Waals surface area contributed by atoms with Gasteiger partial charge in [-0.3, -0.25) is 4.79 Å². The van der Waals surface area contributed by atoms with E-state index in [2.05, 4.69) is 19.2 Å². The van der Waals surface area contributed by atoms with E-state index < -0.39 is 0 Å². The van der Waals surface area contributed by atoms with Crippen molar-refractivity contribution in [2.75, 3.05) is 5.73 Å². The molecule has 3 atom stereocenters. The molecule has 3 unspecified atom stereocenters. The summed E-state index contributed by atoms with van der Waals surface area (Å²) < 4.78 is 0. The highest BCUT2D eigenvalue weighted by atomic mass is 35.5. The molecule has 110 valence electrons. The van der Waals surface area contributed by atoms with Crippen molar-refractivity contribution >= 4 is 34.8 Å². The molecular weight excluding hydrogens is 295 g/mol. The van der Waals surface area contributed by atoms with Crippen LogP contribution in [0.5, 0.6) is 0 Å². The van der Waals surface area contributed by atoms with E-state index in [0.29, 0.717) is 22.2 Å². The van der Waals surface area contributed by atoms with E-state index in [-0.39, 0.29) is 17.0 Å². The highest BCUT2D eigenvalue weighted by Gasteiger charge is 2.27. The highest BCUT2D eigenvalue weighted by Crippen LogP contribution is 2.31. The Morgan fingerprint density at radius 3 is 2.65 bits per heavy atom. The van der Waals surface area contributed by atoms with Gasteiger partial charge in [0, 0.05) is 11.7 Å². The van der Waals surface area contributed by atoms with Crippen molar-refractivity contribution in [2.45, 2.75) is 39.2 Å². The molecule has 1 amide bonds. The van der Waals surface area contributed by atoms with Gasteiger partial charge in [0.2, 0.25) is 0 Å². The molecule has 5 heteroatoms. The molecule has 0 spiro atoms. The van der Waals surface area contributed by atoms with Crippen molar-refractivity contribution in [3.63, 3.8) is 0 Å². The fourth-order valence-electron chi connectivity index (χ4n) is 2.90. The number of benzene rings is 1. The van der Waals surface area contributed by atoms with E-state index in [9.17, 15) is 4.79 Å². The quantitative estimate of drug-likeness (QED) is 0.806. The van der Waals surface area contributed by atoms with Crippen molar-refractivity contribution < 1.29 is 4.79 Å². The number of nitrogen functional groups attached to an aromatic ring is 1. The molecule has 1 aliphatic rings. The number of nitrogens with one attached hydrogen (secondary N) is 1. The number of halogens is 2. The van der Waals surface area contributed by atoms with Gasteiger partial charge in [0.15, 0.2) is 0 Å². The van der Waals surface area contributed by atoms with Gasteiger partial charge in [0.1, 0.15) is 0 Å². The van der Waals surface area contributed by atoms with E-state index in [1.165, 1.54) is 0 Å². The number of carbonyl (C=O) groups is 1. The van der Waals surface area contributed by atoms with Gasteiger partial charge in [-0.05, 0) is 43.2 Å². The van der Waals surface area contributed by atoms with Crippen LogP contribution >= 0.6 is 23.2 Å². The molecule has 0 saturated heterocycles. The van der Waals surface area contributed by atoms with E-state index >= 15 is 0 Å². The molecule has 1 saturated carbocycles. The van der Waals surface area contributed by atoms with Crippen LogP contribution in [-0.2, 0) is 0 Å². The molecule has 1 aromatic carbocycles. The van der Waals surface area contributed by atoms with Crippen LogP contribution in [0.15, 0.2) is 12.1 Å². The van der Waals surface area contributed by atoms with Gasteiger partial charge in [0.25, 0.3) is 5.91 Å². The minimum absolute atomic E-state index is 0.190. The summed E-state index contributed by atoms with van der Waals surface area (Å²) in [4.78, 5) is 12.4. The van der Waals surface area contributed by atoms with E-state index in [0.717, 1.165) is 25.2 Å². The monoisotopic (exact) mass is 314 g/mol. The van der Waals surface area contributed by atoms with Gasteiger partial charge in [-0.25, -0.2) is 0 Å². The molecule has 1 aromatic rings. The van der Waals surface area contributed by atoms with Crippen LogP contribution in [0.4, 0.5) is 5.69 Å². The van der Waals surface area contributed by atoms with Crippen LogP contribution in [0.2, 0.25) is 10.0 Å². The molecule has 20 heavy (non-hydrogen) atoms. The van der Waals surface area contributed by atoms with Crippen LogP contribution in [0, 0.1) is 11.8 Å². The Labute approximate surface area is 129 Å². The van der Waals surface area contributed by atoms with Gasteiger partial charge < -0.3 is 11.1 Å². The average Bonchev–Trinajstić information content (AvgIpc) is 2.37. The van der Waals surface area contributed by atoms with Gasteiger partial charge in [-0.1, -0.05) is 37.0 Å². The first kappa shape index (κ1) is 15.5. The third kappa shape index (κ3) is 3.39. The summed E-state index contributed by atoms with van der Waals surface area (Å²) in [6.07, 6.45) is 3.28. The van der Waals surface area contributed by atoms with Gasteiger partial charge >= 0.3 is 0 Å². The number of hydrogen-bond acceptors (Lipinski definition) is 2. The summed E-state index contributed by atoms with van der Waals surface area (Å²) >= 11 is 12.1. The number of nitrogens with two attached hydrogens (primary N) is 1. The maximum atomic E-state index is 12.4. The molecular formula is C15H20Cl2N2O. The second-order valence-corrected chi connectivity index (χ2v) is 6.62. The Kier molecular flexibility index (Phi) is 4.82. The average molecular weight is 315 g/mol. The summed E-state index contributed by atoms with van der Waals surface area (Å²) in [5, 5.41) is 3.63. The number of carbonyl (C=O) groups excluding carboxylic acids is 1. The minimum Gasteiger partial charge on any atom is -0.399 e.